The van der Waals surface area contributed by atoms with E-state index >= 15 is 0 Å². The molecule has 0 bridgehead atoms. The molecule has 1 amide bonds. The highest BCUT2D eigenvalue weighted by Crippen LogP contribution is 2.31. The summed E-state index contributed by atoms with van der Waals surface area (Å²) in [5, 5.41) is 1.24. The number of hydrogen-bond acceptors (Lipinski definition) is 3. The zero-order valence-electron chi connectivity index (χ0n) is 15.1. The molecular weight excluding hydrogens is 340 g/mol. The number of amides is 1. The van der Waals surface area contributed by atoms with Crippen molar-refractivity contribution in [1.82, 2.24) is 9.80 Å². The molecular formula is C22H24N2OS. The third kappa shape index (κ3) is 3.67. The van der Waals surface area contributed by atoms with Gasteiger partial charge in [-0.1, -0.05) is 48.5 Å². The largest absolute Gasteiger partial charge is 0.340 e. The standard InChI is InChI=1S/C22H24N2OS/c1-17-20(19-9-5-6-10-21(19)26-17)15-22(25)24-13-11-23(12-14-24)16-18-7-3-2-4-8-18/h2-10H,11-16H2,1H3. The van der Waals surface area contributed by atoms with Crippen molar-refractivity contribution in [3.8, 4) is 0 Å². The summed E-state index contributed by atoms with van der Waals surface area (Å²) < 4.78 is 1.28. The molecule has 2 heterocycles. The number of hydrogen-bond donors (Lipinski definition) is 0. The molecule has 0 saturated carbocycles. The van der Waals surface area contributed by atoms with Crippen LogP contribution < -0.4 is 0 Å². The molecule has 4 heteroatoms. The van der Waals surface area contributed by atoms with Gasteiger partial charge in [0, 0.05) is 42.3 Å². The molecule has 1 aromatic heterocycles. The van der Waals surface area contributed by atoms with E-state index in [0.29, 0.717) is 6.42 Å². The number of thiophene rings is 1. The number of piperazine rings is 1. The van der Waals surface area contributed by atoms with E-state index in [0.717, 1.165) is 32.7 Å². The second kappa shape index (κ2) is 7.60. The summed E-state index contributed by atoms with van der Waals surface area (Å²) in [5.41, 5.74) is 2.55. The van der Waals surface area contributed by atoms with Gasteiger partial charge in [0.05, 0.1) is 6.42 Å². The average Bonchev–Trinajstić information content (AvgIpc) is 2.98. The summed E-state index contributed by atoms with van der Waals surface area (Å²) in [7, 11) is 0. The first-order valence-corrected chi connectivity index (χ1v) is 10.0. The van der Waals surface area contributed by atoms with Gasteiger partial charge in [-0.15, -0.1) is 11.3 Å². The Labute approximate surface area is 158 Å². The van der Waals surface area contributed by atoms with Crippen molar-refractivity contribution in [2.24, 2.45) is 0 Å². The number of fused-ring (bicyclic) bond motifs is 1. The Kier molecular flexibility index (Phi) is 5.05. The highest BCUT2D eigenvalue weighted by atomic mass is 32.1. The van der Waals surface area contributed by atoms with Crippen LogP contribution in [0.2, 0.25) is 0 Å². The Morgan fingerprint density at radius 1 is 0.962 bits per heavy atom. The van der Waals surface area contributed by atoms with Crippen molar-refractivity contribution in [2.45, 2.75) is 19.9 Å². The molecule has 2 aromatic carbocycles. The van der Waals surface area contributed by atoms with E-state index in [1.54, 1.807) is 11.3 Å². The van der Waals surface area contributed by atoms with Gasteiger partial charge < -0.3 is 4.90 Å². The average molecular weight is 365 g/mol. The summed E-state index contributed by atoms with van der Waals surface area (Å²) in [4.78, 5) is 18.6. The summed E-state index contributed by atoms with van der Waals surface area (Å²) in [5.74, 6) is 0.260. The quantitative estimate of drug-likeness (QED) is 0.696. The van der Waals surface area contributed by atoms with Gasteiger partial charge in [0.2, 0.25) is 5.91 Å². The summed E-state index contributed by atoms with van der Waals surface area (Å²) in [6, 6.07) is 19.0. The van der Waals surface area contributed by atoms with Gasteiger partial charge in [-0.05, 0) is 29.5 Å². The first-order chi connectivity index (χ1) is 12.7. The zero-order valence-corrected chi connectivity index (χ0v) is 16.0. The topological polar surface area (TPSA) is 23.6 Å². The molecule has 0 unspecified atom stereocenters. The predicted octanol–water partition coefficient (Wildman–Crippen LogP) is 4.10. The van der Waals surface area contributed by atoms with Crippen LogP contribution in [0.25, 0.3) is 10.1 Å². The van der Waals surface area contributed by atoms with Crippen LogP contribution in [0.1, 0.15) is 16.0 Å². The Hall–Kier alpha value is -2.17. The minimum absolute atomic E-state index is 0.260. The fourth-order valence-electron chi connectivity index (χ4n) is 3.70. The van der Waals surface area contributed by atoms with Gasteiger partial charge in [-0.25, -0.2) is 0 Å². The van der Waals surface area contributed by atoms with E-state index in [9.17, 15) is 4.79 Å². The molecule has 0 N–H and O–H groups in total. The van der Waals surface area contributed by atoms with Crippen LogP contribution in [0.4, 0.5) is 0 Å². The molecule has 1 fully saturated rings. The molecule has 0 atom stereocenters. The lowest BCUT2D eigenvalue weighted by Gasteiger charge is -2.35. The van der Waals surface area contributed by atoms with Crippen LogP contribution in [0.3, 0.4) is 0 Å². The Morgan fingerprint density at radius 2 is 1.65 bits per heavy atom. The maximum absolute atomic E-state index is 12.8. The molecule has 134 valence electrons. The lowest BCUT2D eigenvalue weighted by Crippen LogP contribution is -2.48. The minimum Gasteiger partial charge on any atom is -0.340 e. The number of nitrogens with zero attached hydrogens (tertiary/aromatic N) is 2. The lowest BCUT2D eigenvalue weighted by atomic mass is 10.1. The van der Waals surface area contributed by atoms with Gasteiger partial charge in [-0.3, -0.25) is 9.69 Å². The van der Waals surface area contributed by atoms with Crippen molar-refractivity contribution in [3.63, 3.8) is 0 Å². The van der Waals surface area contributed by atoms with Crippen LogP contribution in [0.5, 0.6) is 0 Å². The number of carbonyl (C=O) groups is 1. The predicted molar refractivity (Wildman–Crippen MR) is 109 cm³/mol. The third-order valence-electron chi connectivity index (χ3n) is 5.20. The second-order valence-electron chi connectivity index (χ2n) is 6.95. The van der Waals surface area contributed by atoms with Crippen molar-refractivity contribution in [3.05, 3.63) is 70.6 Å². The number of aryl methyl sites for hydroxylation is 1. The lowest BCUT2D eigenvalue weighted by molar-refractivity contribution is -0.132. The minimum atomic E-state index is 0.260. The fraction of sp³-hybridized carbons (Fsp3) is 0.318. The van der Waals surface area contributed by atoms with E-state index in [-0.39, 0.29) is 5.91 Å². The molecule has 0 aliphatic carbocycles. The molecule has 4 rings (SSSR count). The van der Waals surface area contributed by atoms with E-state index < -0.39 is 0 Å². The fourth-order valence-corrected chi connectivity index (χ4v) is 4.78. The summed E-state index contributed by atoms with van der Waals surface area (Å²) in [6.07, 6.45) is 0.522. The molecule has 26 heavy (non-hydrogen) atoms. The van der Waals surface area contributed by atoms with E-state index in [2.05, 4.69) is 66.4 Å². The van der Waals surface area contributed by atoms with E-state index in [1.807, 2.05) is 4.90 Å². The van der Waals surface area contributed by atoms with Crippen molar-refractivity contribution >= 4 is 27.3 Å². The maximum atomic E-state index is 12.8. The van der Waals surface area contributed by atoms with Crippen LogP contribution >= 0.6 is 11.3 Å². The van der Waals surface area contributed by atoms with Gasteiger partial charge in [-0.2, -0.15) is 0 Å². The van der Waals surface area contributed by atoms with Gasteiger partial charge in [0.25, 0.3) is 0 Å². The van der Waals surface area contributed by atoms with Crippen LogP contribution in [-0.2, 0) is 17.8 Å². The molecule has 1 saturated heterocycles. The van der Waals surface area contributed by atoms with Crippen molar-refractivity contribution in [2.75, 3.05) is 26.2 Å². The van der Waals surface area contributed by atoms with E-state index in [1.165, 1.54) is 26.1 Å². The monoisotopic (exact) mass is 364 g/mol. The second-order valence-corrected chi connectivity index (χ2v) is 8.21. The molecule has 1 aliphatic heterocycles. The number of benzene rings is 2. The van der Waals surface area contributed by atoms with Crippen molar-refractivity contribution < 1.29 is 4.79 Å². The molecule has 3 nitrogen and oxygen atoms in total. The molecule has 0 radical (unpaired) electrons. The summed E-state index contributed by atoms with van der Waals surface area (Å²) >= 11 is 1.79. The highest BCUT2D eigenvalue weighted by Gasteiger charge is 2.22. The van der Waals surface area contributed by atoms with Gasteiger partial charge in [0.15, 0.2) is 0 Å². The normalized spacial score (nSPS) is 15.5. The summed E-state index contributed by atoms with van der Waals surface area (Å²) in [6.45, 7) is 6.65. The molecule has 0 spiro atoms. The smallest absolute Gasteiger partial charge is 0.227 e. The maximum Gasteiger partial charge on any atom is 0.227 e. The molecule has 1 aliphatic rings. The first-order valence-electron chi connectivity index (χ1n) is 9.22. The Bertz CT molecular complexity index is 895. The third-order valence-corrected chi connectivity index (χ3v) is 6.33. The Morgan fingerprint density at radius 3 is 2.42 bits per heavy atom. The van der Waals surface area contributed by atoms with Crippen LogP contribution in [0.15, 0.2) is 54.6 Å². The Balaban J connectivity index is 1.37. The zero-order chi connectivity index (χ0) is 17.9. The SMILES string of the molecule is Cc1sc2ccccc2c1CC(=O)N1CCN(Cc2ccccc2)CC1. The first kappa shape index (κ1) is 17.3. The van der Waals surface area contributed by atoms with Gasteiger partial charge in [0.1, 0.15) is 0 Å². The van der Waals surface area contributed by atoms with Crippen LogP contribution in [0, 0.1) is 6.92 Å². The highest BCUT2D eigenvalue weighted by molar-refractivity contribution is 7.19. The number of rotatable bonds is 4. The van der Waals surface area contributed by atoms with Crippen molar-refractivity contribution in [1.29, 1.82) is 0 Å². The van der Waals surface area contributed by atoms with E-state index in [4.69, 9.17) is 0 Å². The van der Waals surface area contributed by atoms with Crippen LogP contribution in [-0.4, -0.2) is 41.9 Å². The number of carbonyl (C=O) groups excluding carboxylic acids is 1. The van der Waals surface area contributed by atoms with Gasteiger partial charge >= 0.3 is 0 Å². The molecule has 3 aromatic rings.